The van der Waals surface area contributed by atoms with Gasteiger partial charge in [-0.2, -0.15) is 0 Å². The zero-order chi connectivity index (χ0) is 27.2. The molecule has 4 aromatic carbocycles. The zero-order valence-electron chi connectivity index (χ0n) is 21.9. The van der Waals surface area contributed by atoms with Crippen LogP contribution in [0.5, 0.6) is 0 Å². The van der Waals surface area contributed by atoms with Crippen LogP contribution in [-0.4, -0.2) is 26.9 Å². The molecule has 0 spiro atoms. The van der Waals surface area contributed by atoms with Crippen molar-refractivity contribution in [2.24, 2.45) is 0 Å². The summed E-state index contributed by atoms with van der Waals surface area (Å²) in [6, 6.07) is 29.0. The Bertz CT molecular complexity index is 1310. The first-order valence-corrected chi connectivity index (χ1v) is 13.0. The molecule has 0 aliphatic rings. The minimum atomic E-state index is -1.28. The first kappa shape index (κ1) is 28.1. The number of Topliss-reactive ketones (excluding diaryl/α,β-unsaturated/α-hetero) is 1. The molecule has 1 atom stereocenters. The highest BCUT2D eigenvalue weighted by atomic mass is 31.1. The minimum Gasteiger partial charge on any atom is -0.382 e. The van der Waals surface area contributed by atoms with Crippen molar-refractivity contribution in [1.29, 1.82) is 0 Å². The van der Waals surface area contributed by atoms with E-state index in [2.05, 4.69) is 31.2 Å². The van der Waals surface area contributed by atoms with Crippen molar-refractivity contribution in [2.75, 3.05) is 0 Å². The van der Waals surface area contributed by atoms with E-state index in [9.17, 15) is 19.6 Å². The summed E-state index contributed by atoms with van der Waals surface area (Å²) in [6.07, 6.45) is 0. The molecule has 5 heteroatoms. The maximum absolute atomic E-state index is 12.5. The van der Waals surface area contributed by atoms with Gasteiger partial charge in [-0.05, 0) is 73.6 Å². The first-order chi connectivity index (χ1) is 17.6. The monoisotopic (exact) mass is 512 g/mol. The van der Waals surface area contributed by atoms with Gasteiger partial charge in [-0.25, -0.2) is 0 Å². The number of carbonyl (C=O) groups excluding carboxylic acids is 2. The summed E-state index contributed by atoms with van der Waals surface area (Å²) in [7, 11) is -0.732. The molecule has 0 aliphatic carbocycles. The van der Waals surface area contributed by atoms with Gasteiger partial charge in [0.25, 0.3) is 0 Å². The third kappa shape index (κ3) is 6.47. The van der Waals surface area contributed by atoms with Gasteiger partial charge in [-0.1, -0.05) is 91.0 Å². The number of hydrogen-bond acceptors (Lipinski definition) is 4. The molecule has 2 N–H and O–H groups in total. The van der Waals surface area contributed by atoms with Crippen molar-refractivity contribution in [3.05, 3.63) is 119 Å². The van der Waals surface area contributed by atoms with E-state index < -0.39 is 14.4 Å². The van der Waals surface area contributed by atoms with Crippen LogP contribution in [0.3, 0.4) is 0 Å². The van der Waals surface area contributed by atoms with E-state index >= 15 is 0 Å². The predicted octanol–water partition coefficient (Wildman–Crippen LogP) is 7.31. The van der Waals surface area contributed by atoms with Crippen LogP contribution in [0.2, 0.25) is 0 Å². The lowest BCUT2D eigenvalue weighted by atomic mass is 9.83. The normalized spacial score (nSPS) is 11.2. The third-order valence-electron chi connectivity index (χ3n) is 6.30. The lowest BCUT2D eigenvalue weighted by molar-refractivity contribution is 0.0488. The van der Waals surface area contributed by atoms with Crippen molar-refractivity contribution in [3.63, 3.8) is 0 Å². The molecule has 0 heterocycles. The molecule has 0 fully saturated rings. The molecule has 0 saturated heterocycles. The Balaban J connectivity index is 0.000000266. The summed E-state index contributed by atoms with van der Waals surface area (Å²) in [4.78, 5) is 33.4. The van der Waals surface area contributed by atoms with Gasteiger partial charge in [-0.15, -0.1) is 0 Å². The highest BCUT2D eigenvalue weighted by Gasteiger charge is 2.25. The van der Waals surface area contributed by atoms with Crippen LogP contribution >= 0.6 is 8.81 Å². The summed E-state index contributed by atoms with van der Waals surface area (Å²) < 4.78 is 0. The summed E-state index contributed by atoms with van der Waals surface area (Å²) in [5.41, 5.74) is 7.07. The average molecular weight is 513 g/mol. The van der Waals surface area contributed by atoms with Crippen molar-refractivity contribution in [3.8, 4) is 22.3 Å². The highest BCUT2D eigenvalue weighted by molar-refractivity contribution is 7.53. The lowest BCUT2D eigenvalue weighted by Gasteiger charge is -2.22. The number of hydrogen-bond donors (Lipinski definition) is 2. The van der Waals surface area contributed by atoms with Crippen molar-refractivity contribution in [2.45, 2.75) is 40.2 Å². The second-order valence-electron chi connectivity index (χ2n) is 9.43. The van der Waals surface area contributed by atoms with Gasteiger partial charge in [0.2, 0.25) is 5.52 Å². The van der Waals surface area contributed by atoms with Crippen LogP contribution in [0.1, 0.15) is 51.3 Å². The zero-order valence-corrected chi connectivity index (χ0v) is 22.9. The minimum absolute atomic E-state index is 0.204. The van der Waals surface area contributed by atoms with Gasteiger partial charge in [0.1, 0.15) is 5.60 Å². The molecule has 0 aromatic heterocycles. The molecule has 1 unspecified atom stereocenters. The molecule has 0 saturated carbocycles. The summed E-state index contributed by atoms with van der Waals surface area (Å²) in [6.45, 7) is 9.04. The molecule has 37 heavy (non-hydrogen) atoms. The molecule has 4 rings (SSSR count). The topological polar surface area (TPSA) is 74.6 Å². The Morgan fingerprint density at radius 2 is 1.03 bits per heavy atom. The Morgan fingerprint density at radius 3 is 1.38 bits per heavy atom. The van der Waals surface area contributed by atoms with Gasteiger partial charge in [-0.3, -0.25) is 9.59 Å². The van der Waals surface area contributed by atoms with Gasteiger partial charge in [0, 0.05) is 11.1 Å². The van der Waals surface area contributed by atoms with Crippen LogP contribution < -0.4 is 0 Å². The second-order valence-corrected chi connectivity index (χ2v) is 10.1. The summed E-state index contributed by atoms with van der Waals surface area (Å²) >= 11 is 0. The number of ketones is 1. The molecule has 0 amide bonds. The molecule has 4 aromatic rings. The number of benzene rings is 4. The smallest absolute Gasteiger partial charge is 0.208 e. The standard InChI is InChI=1S/C22H21O2P.C10H12O2/c1-14-19(17-10-6-4-7-11-17)15(2)21(22(23)25-24)16(3)20(14)18-12-8-5-9-13-18;1-10(2,12)9(11)8-6-4-3-5-7-8/h4-13,24-25H,1-3H3;3-7,12H,1-2H3. The van der Waals surface area contributed by atoms with Gasteiger partial charge in [0.05, 0.1) is 8.81 Å². The maximum atomic E-state index is 12.5. The average Bonchev–Trinajstić information content (AvgIpc) is 2.89. The third-order valence-corrected chi connectivity index (χ3v) is 6.75. The Hall–Kier alpha value is -3.43. The van der Waals surface area contributed by atoms with Gasteiger partial charge < -0.3 is 10.00 Å². The van der Waals surface area contributed by atoms with Crippen LogP contribution in [0, 0.1) is 20.8 Å². The van der Waals surface area contributed by atoms with Crippen molar-refractivity contribution < 1.29 is 19.6 Å². The van der Waals surface area contributed by atoms with Crippen LogP contribution in [0.15, 0.2) is 91.0 Å². The first-order valence-electron chi connectivity index (χ1n) is 12.1. The van der Waals surface area contributed by atoms with Crippen LogP contribution in [-0.2, 0) is 0 Å². The van der Waals surface area contributed by atoms with E-state index in [4.69, 9.17) is 0 Å². The number of carbonyl (C=O) groups is 2. The SMILES string of the molecule is CC(C)(O)C(=O)c1ccccc1.Cc1c(C(=O)PO)c(C)c(-c2ccccc2)c(C)c1-c1ccccc1. The summed E-state index contributed by atoms with van der Waals surface area (Å²) in [5, 5.41) is 9.39. The number of rotatable bonds is 6. The van der Waals surface area contributed by atoms with Crippen LogP contribution in [0.4, 0.5) is 0 Å². The Morgan fingerprint density at radius 1 is 0.649 bits per heavy atom. The van der Waals surface area contributed by atoms with E-state index in [-0.39, 0.29) is 11.3 Å². The Labute approximate surface area is 220 Å². The molecule has 0 radical (unpaired) electrons. The molecule has 4 nitrogen and oxygen atoms in total. The summed E-state index contributed by atoms with van der Waals surface area (Å²) in [5.74, 6) is -0.247. The number of aliphatic hydroxyl groups is 1. The van der Waals surface area contributed by atoms with E-state index in [1.807, 2.05) is 56.3 Å². The lowest BCUT2D eigenvalue weighted by Crippen LogP contribution is -2.30. The van der Waals surface area contributed by atoms with E-state index in [0.29, 0.717) is 11.1 Å². The molecule has 0 aliphatic heterocycles. The van der Waals surface area contributed by atoms with Crippen molar-refractivity contribution >= 4 is 20.1 Å². The molecule has 0 bridgehead atoms. The van der Waals surface area contributed by atoms with E-state index in [0.717, 1.165) is 38.9 Å². The van der Waals surface area contributed by atoms with Gasteiger partial charge >= 0.3 is 0 Å². The van der Waals surface area contributed by atoms with E-state index in [1.54, 1.807) is 24.3 Å². The fraction of sp³-hybridized carbons (Fsp3) is 0.188. The quantitative estimate of drug-likeness (QED) is 0.210. The largest absolute Gasteiger partial charge is 0.382 e. The van der Waals surface area contributed by atoms with E-state index in [1.165, 1.54) is 13.8 Å². The molecular formula is C32H33O4P. The fourth-order valence-electron chi connectivity index (χ4n) is 4.63. The molecular weight excluding hydrogens is 479 g/mol. The second kappa shape index (κ2) is 12.2. The van der Waals surface area contributed by atoms with Crippen LogP contribution in [0.25, 0.3) is 22.3 Å². The predicted molar refractivity (Wildman–Crippen MR) is 153 cm³/mol. The molecule has 190 valence electrons. The van der Waals surface area contributed by atoms with Gasteiger partial charge in [0.15, 0.2) is 5.78 Å². The van der Waals surface area contributed by atoms with Crippen molar-refractivity contribution in [1.82, 2.24) is 0 Å². The Kier molecular flexibility index (Phi) is 9.29. The fourth-order valence-corrected chi connectivity index (χ4v) is 5.12. The highest BCUT2D eigenvalue weighted by Crippen LogP contribution is 2.41. The maximum Gasteiger partial charge on any atom is 0.208 e.